The average molecular weight is 288 g/mol. The maximum atomic E-state index is 11.9. The van der Waals surface area contributed by atoms with Crippen LogP contribution in [-0.2, 0) is 14.1 Å². The molecule has 1 aliphatic rings. The van der Waals surface area contributed by atoms with Crippen LogP contribution in [0.5, 0.6) is 0 Å². The number of carbonyl (C=O) groups excluding carboxylic acids is 1. The Hall–Kier alpha value is -0.440. The Morgan fingerprint density at radius 1 is 1.32 bits per heavy atom. The van der Waals surface area contributed by atoms with Gasteiger partial charge in [0.1, 0.15) is 11.7 Å². The van der Waals surface area contributed by atoms with Crippen molar-refractivity contribution in [3.8, 4) is 0 Å². The average Bonchev–Trinajstić information content (AvgIpc) is 2.40. The van der Waals surface area contributed by atoms with Crippen LogP contribution in [0.1, 0.15) is 52.4 Å². The van der Waals surface area contributed by atoms with Gasteiger partial charge in [-0.1, -0.05) is 32.1 Å². The van der Waals surface area contributed by atoms with E-state index in [1.54, 1.807) is 13.8 Å². The SMILES string of the molecule is CCOC(=O)C(C=[P+]([O-])OCC)CC1CCCCC1. The second kappa shape index (κ2) is 9.46. The van der Waals surface area contributed by atoms with Crippen molar-refractivity contribution >= 4 is 19.8 Å². The van der Waals surface area contributed by atoms with Gasteiger partial charge in [0.2, 0.25) is 8.00 Å². The highest BCUT2D eigenvalue weighted by Gasteiger charge is 2.26. The first-order chi connectivity index (χ1) is 9.17. The lowest BCUT2D eigenvalue weighted by atomic mass is 9.83. The molecule has 2 atom stereocenters. The van der Waals surface area contributed by atoms with Crippen LogP contribution in [-0.4, -0.2) is 25.0 Å². The molecule has 0 aromatic rings. The molecule has 0 saturated heterocycles. The minimum absolute atomic E-state index is 0.267. The standard InChI is InChI=1S/C14H25O4P/c1-3-17-14(15)13(11-19(16)18-4-2)10-12-8-6-5-7-9-12/h11-13H,3-10H2,1-2H3. The van der Waals surface area contributed by atoms with Gasteiger partial charge in [-0.05, 0) is 26.2 Å². The summed E-state index contributed by atoms with van der Waals surface area (Å²) in [5, 5.41) is 0. The minimum atomic E-state index is -1.87. The van der Waals surface area contributed by atoms with Gasteiger partial charge in [-0.15, -0.1) is 0 Å². The van der Waals surface area contributed by atoms with E-state index in [1.807, 2.05) is 0 Å². The molecule has 110 valence electrons. The summed E-state index contributed by atoms with van der Waals surface area (Å²) in [5.41, 5.74) is 0. The molecule has 0 aliphatic heterocycles. The second-order valence-corrected chi connectivity index (χ2v) is 6.08. The van der Waals surface area contributed by atoms with Crippen molar-refractivity contribution in [1.29, 1.82) is 0 Å². The Morgan fingerprint density at radius 2 is 2.00 bits per heavy atom. The summed E-state index contributed by atoms with van der Waals surface area (Å²) in [5.74, 6) is 1.42. The first-order valence-electron chi connectivity index (χ1n) is 7.28. The molecule has 4 nitrogen and oxygen atoms in total. The third kappa shape index (κ3) is 6.51. The van der Waals surface area contributed by atoms with Crippen molar-refractivity contribution in [2.75, 3.05) is 13.2 Å². The fraction of sp³-hybridized carbons (Fsp3) is 0.857. The molecule has 0 bridgehead atoms. The van der Waals surface area contributed by atoms with Gasteiger partial charge in [0.25, 0.3) is 0 Å². The Kier molecular flexibility index (Phi) is 8.27. The molecular weight excluding hydrogens is 263 g/mol. The number of hydrogen-bond donors (Lipinski definition) is 0. The molecule has 1 rings (SSSR count). The molecule has 19 heavy (non-hydrogen) atoms. The zero-order valence-electron chi connectivity index (χ0n) is 12.0. The van der Waals surface area contributed by atoms with Crippen LogP contribution in [0.2, 0.25) is 0 Å². The summed E-state index contributed by atoms with van der Waals surface area (Å²) in [6.07, 6.45) is 6.82. The van der Waals surface area contributed by atoms with Crippen LogP contribution in [0.15, 0.2) is 0 Å². The lowest BCUT2D eigenvalue weighted by molar-refractivity contribution is -0.172. The first kappa shape index (κ1) is 16.6. The first-order valence-corrected chi connectivity index (χ1v) is 8.52. The summed E-state index contributed by atoms with van der Waals surface area (Å²) in [4.78, 5) is 23.6. The largest absolute Gasteiger partial charge is 0.603 e. The molecule has 0 amide bonds. The third-order valence-corrected chi connectivity index (χ3v) is 4.58. The van der Waals surface area contributed by atoms with E-state index >= 15 is 0 Å². The molecule has 2 unspecified atom stereocenters. The summed E-state index contributed by atoms with van der Waals surface area (Å²) in [6, 6.07) is 0. The quantitative estimate of drug-likeness (QED) is 0.534. The summed E-state index contributed by atoms with van der Waals surface area (Å²) < 4.78 is 10.1. The maximum Gasteiger partial charge on any atom is 0.316 e. The molecule has 5 heteroatoms. The fourth-order valence-corrected chi connectivity index (χ4v) is 3.44. The second-order valence-electron chi connectivity index (χ2n) is 4.95. The Balaban J connectivity index is 2.62. The van der Waals surface area contributed by atoms with Gasteiger partial charge in [-0.25, -0.2) is 0 Å². The smallest absolute Gasteiger partial charge is 0.316 e. The molecule has 1 fully saturated rings. The van der Waals surface area contributed by atoms with E-state index in [0.717, 1.165) is 19.3 Å². The highest BCUT2D eigenvalue weighted by molar-refractivity contribution is 7.44. The Bertz CT molecular complexity index is 298. The molecule has 1 aliphatic carbocycles. The van der Waals surface area contributed by atoms with Gasteiger partial charge in [0.05, 0.1) is 13.2 Å². The molecule has 0 heterocycles. The molecule has 0 aromatic heterocycles. The maximum absolute atomic E-state index is 11.9. The predicted octanol–water partition coefficient (Wildman–Crippen LogP) is 2.65. The summed E-state index contributed by atoms with van der Waals surface area (Å²) in [6.45, 7) is 4.34. The highest BCUT2D eigenvalue weighted by Crippen LogP contribution is 2.30. The Labute approximate surface area is 117 Å². The van der Waals surface area contributed by atoms with Crippen LogP contribution in [0, 0.1) is 11.8 Å². The van der Waals surface area contributed by atoms with Gasteiger partial charge in [0, 0.05) is 0 Å². The molecule has 0 aromatic carbocycles. The van der Waals surface area contributed by atoms with Gasteiger partial charge < -0.3 is 9.63 Å². The zero-order valence-corrected chi connectivity index (χ0v) is 12.9. The highest BCUT2D eigenvalue weighted by atomic mass is 31.1. The van der Waals surface area contributed by atoms with Gasteiger partial charge in [-0.2, -0.15) is 4.52 Å². The van der Waals surface area contributed by atoms with Crippen molar-refractivity contribution in [2.45, 2.75) is 52.4 Å². The van der Waals surface area contributed by atoms with Crippen molar-refractivity contribution < 1.29 is 18.9 Å². The topological polar surface area (TPSA) is 58.6 Å². The normalized spacial score (nSPS) is 19.2. The van der Waals surface area contributed by atoms with Crippen molar-refractivity contribution in [2.24, 2.45) is 11.8 Å². The van der Waals surface area contributed by atoms with Crippen LogP contribution >= 0.6 is 8.00 Å². The summed E-state index contributed by atoms with van der Waals surface area (Å²) >= 11 is 0. The third-order valence-electron chi connectivity index (χ3n) is 3.46. The van der Waals surface area contributed by atoms with E-state index in [9.17, 15) is 9.69 Å². The molecule has 0 radical (unpaired) electrons. The van der Waals surface area contributed by atoms with Crippen LogP contribution in [0.3, 0.4) is 0 Å². The lowest BCUT2D eigenvalue weighted by Crippen LogP contribution is -2.23. The van der Waals surface area contributed by atoms with E-state index in [4.69, 9.17) is 9.26 Å². The number of rotatable bonds is 7. The molecular formula is C14H25O4P. The minimum Gasteiger partial charge on any atom is -0.603 e. The molecule has 0 N–H and O–H groups in total. The monoisotopic (exact) mass is 288 g/mol. The number of esters is 1. The van der Waals surface area contributed by atoms with E-state index in [2.05, 4.69) is 0 Å². The van der Waals surface area contributed by atoms with E-state index < -0.39 is 13.9 Å². The van der Waals surface area contributed by atoms with Gasteiger partial charge in [-0.3, -0.25) is 4.79 Å². The summed E-state index contributed by atoms with van der Waals surface area (Å²) in [7, 11) is -1.87. The van der Waals surface area contributed by atoms with Gasteiger partial charge in [0.15, 0.2) is 0 Å². The van der Waals surface area contributed by atoms with Gasteiger partial charge >= 0.3 is 5.97 Å². The molecule has 1 saturated carbocycles. The zero-order chi connectivity index (χ0) is 14.1. The van der Waals surface area contributed by atoms with Crippen molar-refractivity contribution in [1.82, 2.24) is 0 Å². The Morgan fingerprint density at radius 3 is 2.58 bits per heavy atom. The van der Waals surface area contributed by atoms with E-state index in [1.165, 1.54) is 25.1 Å². The lowest BCUT2D eigenvalue weighted by Gasteiger charge is -2.23. The number of ether oxygens (including phenoxy) is 1. The molecule has 0 spiro atoms. The van der Waals surface area contributed by atoms with E-state index in [-0.39, 0.29) is 5.97 Å². The van der Waals surface area contributed by atoms with Crippen molar-refractivity contribution in [3.63, 3.8) is 0 Å². The van der Waals surface area contributed by atoms with Crippen LogP contribution < -0.4 is 4.89 Å². The number of hydrogen-bond acceptors (Lipinski definition) is 4. The number of carbonyl (C=O) groups is 1. The fourth-order valence-electron chi connectivity index (χ4n) is 2.57. The van der Waals surface area contributed by atoms with Crippen LogP contribution in [0.25, 0.3) is 0 Å². The van der Waals surface area contributed by atoms with Crippen molar-refractivity contribution in [3.05, 3.63) is 0 Å². The predicted molar refractivity (Wildman–Crippen MR) is 75.9 cm³/mol. The van der Waals surface area contributed by atoms with Crippen LogP contribution in [0.4, 0.5) is 0 Å². The van der Waals surface area contributed by atoms with E-state index in [0.29, 0.717) is 19.1 Å².